The molecule has 0 bridgehead atoms. The van der Waals surface area contributed by atoms with Gasteiger partial charge in [0.1, 0.15) is 0 Å². The van der Waals surface area contributed by atoms with E-state index in [4.69, 9.17) is 16.3 Å². The summed E-state index contributed by atoms with van der Waals surface area (Å²) < 4.78 is 5.08. The highest BCUT2D eigenvalue weighted by Crippen LogP contribution is 2.21. The van der Waals surface area contributed by atoms with Gasteiger partial charge in [-0.15, -0.1) is 0 Å². The van der Waals surface area contributed by atoms with Crippen LogP contribution in [0.3, 0.4) is 0 Å². The smallest absolute Gasteiger partial charge is 0.340 e. The van der Waals surface area contributed by atoms with E-state index in [-0.39, 0.29) is 24.8 Å². The number of amides is 1. The molecule has 1 saturated heterocycles. The van der Waals surface area contributed by atoms with Crippen molar-refractivity contribution in [3.05, 3.63) is 57.4 Å². The van der Waals surface area contributed by atoms with E-state index in [2.05, 4.69) is 4.98 Å². The Labute approximate surface area is 180 Å². The fraction of sp³-hybridized carbons (Fsp3) is 0.409. The number of aryl methyl sites for hydroxylation is 1. The average molecular weight is 432 g/mol. The number of halogens is 1. The van der Waals surface area contributed by atoms with Crippen LogP contribution in [0.2, 0.25) is 5.02 Å². The van der Waals surface area contributed by atoms with Gasteiger partial charge in [-0.1, -0.05) is 23.7 Å². The first-order chi connectivity index (χ1) is 14.3. The first kappa shape index (κ1) is 22.1. The second-order valence-electron chi connectivity index (χ2n) is 7.32. The number of hydrogen-bond donors (Lipinski definition) is 1. The molecule has 7 nitrogen and oxygen atoms in total. The monoisotopic (exact) mass is 431 g/mol. The first-order valence-corrected chi connectivity index (χ1v) is 10.4. The highest BCUT2D eigenvalue weighted by molar-refractivity contribution is 6.33. The van der Waals surface area contributed by atoms with E-state index >= 15 is 0 Å². The van der Waals surface area contributed by atoms with E-state index in [1.807, 2.05) is 4.90 Å². The van der Waals surface area contributed by atoms with Crippen LogP contribution < -0.4 is 0 Å². The Bertz CT molecular complexity index is 961. The van der Waals surface area contributed by atoms with Gasteiger partial charge in [0.25, 0.3) is 5.91 Å². The summed E-state index contributed by atoms with van der Waals surface area (Å²) in [6, 6.07) is 7.01. The summed E-state index contributed by atoms with van der Waals surface area (Å²) in [6.45, 7) is 7.98. The minimum absolute atomic E-state index is 0.0861. The van der Waals surface area contributed by atoms with Crippen LogP contribution >= 0.6 is 11.6 Å². The van der Waals surface area contributed by atoms with Gasteiger partial charge in [0.15, 0.2) is 5.78 Å². The van der Waals surface area contributed by atoms with Crippen molar-refractivity contribution < 1.29 is 19.1 Å². The summed E-state index contributed by atoms with van der Waals surface area (Å²) >= 11 is 6.14. The highest BCUT2D eigenvalue weighted by atomic mass is 35.5. The summed E-state index contributed by atoms with van der Waals surface area (Å²) in [5.74, 6) is -0.604. The number of esters is 1. The summed E-state index contributed by atoms with van der Waals surface area (Å²) in [4.78, 5) is 44.5. The van der Waals surface area contributed by atoms with Gasteiger partial charge in [-0.3, -0.25) is 14.5 Å². The SMILES string of the molecule is CCOC(=O)c1c(C)[nH]c(C(=O)CN2CCN(C(=O)c3ccccc3Cl)CC2)c1C. The lowest BCUT2D eigenvalue weighted by Crippen LogP contribution is -2.50. The minimum atomic E-state index is -0.422. The van der Waals surface area contributed by atoms with E-state index in [0.717, 1.165) is 0 Å². The zero-order valence-electron chi connectivity index (χ0n) is 17.5. The standard InChI is InChI=1S/C22H26ClN3O4/c1-4-30-22(29)19-14(2)20(24-15(19)3)18(27)13-25-9-11-26(12-10-25)21(28)16-7-5-6-8-17(16)23/h5-8,24H,4,9-13H2,1-3H3. The van der Waals surface area contributed by atoms with Crippen LogP contribution in [-0.2, 0) is 4.74 Å². The van der Waals surface area contributed by atoms with Crippen molar-refractivity contribution in [3.8, 4) is 0 Å². The summed E-state index contributed by atoms with van der Waals surface area (Å²) in [7, 11) is 0. The van der Waals surface area contributed by atoms with Crippen molar-refractivity contribution >= 4 is 29.3 Å². The van der Waals surface area contributed by atoms with Gasteiger partial charge in [0.05, 0.1) is 35.0 Å². The molecule has 1 aliphatic heterocycles. The Kier molecular flexibility index (Phi) is 6.95. The van der Waals surface area contributed by atoms with Crippen LogP contribution in [0.25, 0.3) is 0 Å². The van der Waals surface area contributed by atoms with Gasteiger partial charge in [0.2, 0.25) is 0 Å². The number of Topliss-reactive ketones (excluding diaryl/α,β-unsaturated/α-hetero) is 1. The number of hydrogen-bond acceptors (Lipinski definition) is 5. The van der Waals surface area contributed by atoms with Gasteiger partial charge < -0.3 is 14.6 Å². The van der Waals surface area contributed by atoms with Crippen molar-refractivity contribution in [3.63, 3.8) is 0 Å². The van der Waals surface area contributed by atoms with Gasteiger partial charge in [-0.25, -0.2) is 4.79 Å². The largest absolute Gasteiger partial charge is 0.462 e. The van der Waals surface area contributed by atoms with Crippen molar-refractivity contribution in [2.45, 2.75) is 20.8 Å². The molecule has 30 heavy (non-hydrogen) atoms. The molecule has 1 N–H and O–H groups in total. The zero-order valence-corrected chi connectivity index (χ0v) is 18.2. The topological polar surface area (TPSA) is 82.7 Å². The highest BCUT2D eigenvalue weighted by Gasteiger charge is 2.27. The third kappa shape index (κ3) is 4.57. The van der Waals surface area contributed by atoms with Crippen LogP contribution in [-0.4, -0.2) is 71.8 Å². The number of carbonyl (C=O) groups is 3. The van der Waals surface area contributed by atoms with Crippen LogP contribution in [0.1, 0.15) is 49.4 Å². The van der Waals surface area contributed by atoms with Crippen molar-refractivity contribution in [1.29, 1.82) is 0 Å². The molecule has 160 valence electrons. The number of aromatic amines is 1. The zero-order chi connectivity index (χ0) is 21.8. The molecule has 0 radical (unpaired) electrons. The van der Waals surface area contributed by atoms with E-state index in [1.165, 1.54) is 0 Å². The lowest BCUT2D eigenvalue weighted by atomic mass is 10.1. The van der Waals surface area contributed by atoms with Gasteiger partial charge in [-0.05, 0) is 38.5 Å². The molecule has 1 aliphatic rings. The number of ketones is 1. The summed E-state index contributed by atoms with van der Waals surface area (Å²) in [6.07, 6.45) is 0. The second kappa shape index (κ2) is 9.45. The molecule has 1 aromatic carbocycles. The maximum atomic E-state index is 12.8. The molecule has 0 spiro atoms. The number of carbonyl (C=O) groups excluding carboxylic acids is 3. The van der Waals surface area contributed by atoms with Crippen molar-refractivity contribution in [2.75, 3.05) is 39.3 Å². The average Bonchev–Trinajstić information content (AvgIpc) is 3.03. The fourth-order valence-electron chi connectivity index (χ4n) is 3.73. The Balaban J connectivity index is 1.61. The van der Waals surface area contributed by atoms with Crippen LogP contribution in [0.5, 0.6) is 0 Å². The number of piperazine rings is 1. The molecule has 2 heterocycles. The number of ether oxygens (including phenoxy) is 1. The molecule has 0 unspecified atom stereocenters. The normalized spacial score (nSPS) is 14.6. The molecule has 0 aliphatic carbocycles. The third-order valence-electron chi connectivity index (χ3n) is 5.33. The van der Waals surface area contributed by atoms with Crippen LogP contribution in [0, 0.1) is 13.8 Å². The minimum Gasteiger partial charge on any atom is -0.462 e. The first-order valence-electron chi connectivity index (χ1n) is 9.99. The second-order valence-corrected chi connectivity index (χ2v) is 7.72. The Hall–Kier alpha value is -2.64. The van der Waals surface area contributed by atoms with E-state index in [0.29, 0.717) is 59.3 Å². The summed E-state index contributed by atoms with van der Waals surface area (Å²) in [5.41, 5.74) is 2.60. The predicted octanol–water partition coefficient (Wildman–Crippen LogP) is 3.10. The maximum absolute atomic E-state index is 12.8. The molecular formula is C22H26ClN3O4. The Morgan fingerprint density at radius 3 is 2.40 bits per heavy atom. The van der Waals surface area contributed by atoms with Gasteiger partial charge in [0, 0.05) is 31.9 Å². The lowest BCUT2D eigenvalue weighted by molar-refractivity contribution is 0.0524. The van der Waals surface area contributed by atoms with Crippen LogP contribution in [0.15, 0.2) is 24.3 Å². The molecule has 2 aromatic rings. The molecular weight excluding hydrogens is 406 g/mol. The van der Waals surface area contributed by atoms with Gasteiger partial charge >= 0.3 is 5.97 Å². The molecule has 0 saturated carbocycles. The number of aromatic nitrogens is 1. The summed E-state index contributed by atoms with van der Waals surface area (Å²) in [5, 5.41) is 0.440. The van der Waals surface area contributed by atoms with E-state index in [1.54, 1.807) is 49.9 Å². The number of nitrogens with one attached hydrogen (secondary N) is 1. The predicted molar refractivity (Wildman–Crippen MR) is 114 cm³/mol. The van der Waals surface area contributed by atoms with E-state index < -0.39 is 5.97 Å². The molecule has 0 atom stereocenters. The number of rotatable bonds is 6. The Morgan fingerprint density at radius 1 is 1.10 bits per heavy atom. The Morgan fingerprint density at radius 2 is 1.77 bits per heavy atom. The van der Waals surface area contributed by atoms with E-state index in [9.17, 15) is 14.4 Å². The molecule has 1 amide bonds. The van der Waals surface area contributed by atoms with Crippen molar-refractivity contribution in [1.82, 2.24) is 14.8 Å². The maximum Gasteiger partial charge on any atom is 0.340 e. The number of nitrogens with zero attached hydrogens (tertiary/aromatic N) is 2. The quantitative estimate of drug-likeness (QED) is 0.561. The van der Waals surface area contributed by atoms with Crippen molar-refractivity contribution in [2.24, 2.45) is 0 Å². The number of benzene rings is 1. The third-order valence-corrected chi connectivity index (χ3v) is 5.66. The van der Waals surface area contributed by atoms with Crippen LogP contribution in [0.4, 0.5) is 0 Å². The number of H-pyrrole nitrogens is 1. The molecule has 1 aromatic heterocycles. The molecule has 3 rings (SSSR count). The molecule has 8 heteroatoms. The fourth-order valence-corrected chi connectivity index (χ4v) is 3.95. The molecule has 1 fully saturated rings. The van der Waals surface area contributed by atoms with Gasteiger partial charge in [-0.2, -0.15) is 0 Å². The lowest BCUT2D eigenvalue weighted by Gasteiger charge is -2.34.